The molecular formula is C17H13BrFN3O2. The lowest BCUT2D eigenvalue weighted by Crippen LogP contribution is -2.40. The molecule has 1 fully saturated rings. The molecule has 2 aromatic carbocycles. The van der Waals surface area contributed by atoms with Gasteiger partial charge in [0.2, 0.25) is 0 Å². The molecule has 0 unspecified atom stereocenters. The third-order valence-corrected chi connectivity index (χ3v) is 4.29. The van der Waals surface area contributed by atoms with Crippen molar-refractivity contribution in [1.82, 2.24) is 10.3 Å². The van der Waals surface area contributed by atoms with Crippen molar-refractivity contribution in [3.63, 3.8) is 0 Å². The van der Waals surface area contributed by atoms with Crippen LogP contribution in [0, 0.1) is 5.82 Å². The van der Waals surface area contributed by atoms with Crippen LogP contribution in [-0.4, -0.2) is 23.2 Å². The van der Waals surface area contributed by atoms with Gasteiger partial charge in [0, 0.05) is 10.0 Å². The van der Waals surface area contributed by atoms with Crippen LogP contribution in [0.5, 0.6) is 0 Å². The number of carbonyl (C=O) groups is 2. The Bertz CT molecular complexity index is 841. The molecule has 0 aliphatic carbocycles. The summed E-state index contributed by atoms with van der Waals surface area (Å²) in [5, 5.41) is 7.20. The van der Waals surface area contributed by atoms with Crippen molar-refractivity contribution in [3.05, 3.63) is 69.9 Å². The number of hydrogen-bond donors (Lipinski definition) is 1. The van der Waals surface area contributed by atoms with Crippen LogP contribution in [0.3, 0.4) is 0 Å². The largest absolute Gasteiger partial charge is 0.346 e. The Morgan fingerprint density at radius 1 is 1.21 bits per heavy atom. The molecule has 0 spiro atoms. The summed E-state index contributed by atoms with van der Waals surface area (Å²) in [4.78, 5) is 24.7. The van der Waals surface area contributed by atoms with Gasteiger partial charge in [0.05, 0.1) is 6.21 Å². The Labute approximate surface area is 146 Å². The third kappa shape index (κ3) is 2.82. The second-order valence-corrected chi connectivity index (χ2v) is 6.36. The van der Waals surface area contributed by atoms with Crippen LogP contribution in [0.4, 0.5) is 9.18 Å². The molecule has 1 aliphatic heterocycles. The lowest BCUT2D eigenvalue weighted by Gasteiger charge is -2.20. The van der Waals surface area contributed by atoms with Crippen molar-refractivity contribution >= 4 is 34.1 Å². The molecule has 7 heteroatoms. The van der Waals surface area contributed by atoms with Gasteiger partial charge in [-0.25, -0.2) is 9.18 Å². The van der Waals surface area contributed by atoms with E-state index in [1.165, 1.54) is 12.1 Å². The van der Waals surface area contributed by atoms with Crippen molar-refractivity contribution < 1.29 is 14.0 Å². The second-order valence-electron chi connectivity index (χ2n) is 5.45. The van der Waals surface area contributed by atoms with Gasteiger partial charge in [-0.1, -0.05) is 46.3 Å². The summed E-state index contributed by atoms with van der Waals surface area (Å²) in [5.41, 5.74) is -0.378. The first-order valence-corrected chi connectivity index (χ1v) is 7.92. The molecule has 24 heavy (non-hydrogen) atoms. The van der Waals surface area contributed by atoms with Crippen molar-refractivity contribution in [2.24, 2.45) is 5.10 Å². The van der Waals surface area contributed by atoms with E-state index in [0.717, 1.165) is 6.21 Å². The van der Waals surface area contributed by atoms with Crippen molar-refractivity contribution in [2.75, 3.05) is 0 Å². The third-order valence-electron chi connectivity index (χ3n) is 3.80. The van der Waals surface area contributed by atoms with E-state index in [9.17, 15) is 14.0 Å². The number of hydrogen-bond acceptors (Lipinski definition) is 3. The average Bonchev–Trinajstić information content (AvgIpc) is 2.78. The smallest absolute Gasteiger partial charge is 0.318 e. The summed E-state index contributed by atoms with van der Waals surface area (Å²) in [6.07, 6.45) is 1.15. The van der Waals surface area contributed by atoms with E-state index in [1.807, 2.05) is 6.07 Å². The molecule has 0 radical (unpaired) electrons. The minimum Gasteiger partial charge on any atom is -0.318 e. The predicted octanol–water partition coefficient (Wildman–Crippen LogP) is 3.39. The number of nitrogens with one attached hydrogen (secondary N) is 1. The van der Waals surface area contributed by atoms with Crippen LogP contribution in [0.15, 0.2) is 58.1 Å². The van der Waals surface area contributed by atoms with E-state index in [1.54, 1.807) is 37.3 Å². The lowest BCUT2D eigenvalue weighted by molar-refractivity contribution is -0.131. The van der Waals surface area contributed by atoms with Gasteiger partial charge in [-0.05, 0) is 30.7 Å². The van der Waals surface area contributed by atoms with Gasteiger partial charge in [0.15, 0.2) is 0 Å². The Morgan fingerprint density at radius 3 is 2.58 bits per heavy atom. The molecule has 122 valence electrons. The average molecular weight is 390 g/mol. The summed E-state index contributed by atoms with van der Waals surface area (Å²) in [5.74, 6) is -1.03. The lowest BCUT2D eigenvalue weighted by atomic mass is 9.92. The zero-order chi connectivity index (χ0) is 17.3. The summed E-state index contributed by atoms with van der Waals surface area (Å²) in [7, 11) is 0. The van der Waals surface area contributed by atoms with Crippen LogP contribution in [0.25, 0.3) is 0 Å². The molecule has 0 bridgehead atoms. The number of halogens is 2. The van der Waals surface area contributed by atoms with E-state index < -0.39 is 23.3 Å². The number of nitrogens with zero attached hydrogens (tertiary/aromatic N) is 2. The molecule has 1 heterocycles. The zero-order valence-electron chi connectivity index (χ0n) is 12.7. The first kappa shape index (κ1) is 16.3. The Kier molecular flexibility index (Phi) is 4.19. The zero-order valence-corrected chi connectivity index (χ0v) is 14.2. The number of urea groups is 1. The fraction of sp³-hybridized carbons (Fsp3) is 0.118. The highest BCUT2D eigenvalue weighted by Crippen LogP contribution is 2.28. The molecule has 1 saturated heterocycles. The summed E-state index contributed by atoms with van der Waals surface area (Å²) in [6.45, 7) is 1.61. The number of hydrazone groups is 1. The number of benzene rings is 2. The highest BCUT2D eigenvalue weighted by molar-refractivity contribution is 9.10. The fourth-order valence-corrected chi connectivity index (χ4v) is 2.76. The molecule has 1 N–H and O–H groups in total. The molecule has 5 nitrogen and oxygen atoms in total. The molecule has 2 aromatic rings. The Morgan fingerprint density at radius 2 is 1.92 bits per heavy atom. The van der Waals surface area contributed by atoms with Gasteiger partial charge in [-0.3, -0.25) is 4.79 Å². The van der Waals surface area contributed by atoms with Gasteiger partial charge in [-0.15, -0.1) is 5.01 Å². The molecule has 3 amide bonds. The van der Waals surface area contributed by atoms with E-state index in [4.69, 9.17) is 0 Å². The predicted molar refractivity (Wildman–Crippen MR) is 90.9 cm³/mol. The van der Waals surface area contributed by atoms with E-state index >= 15 is 0 Å². The van der Waals surface area contributed by atoms with Crippen LogP contribution >= 0.6 is 15.9 Å². The Hall–Kier alpha value is -2.54. The first-order chi connectivity index (χ1) is 11.4. The van der Waals surface area contributed by atoms with Gasteiger partial charge in [0.25, 0.3) is 5.91 Å². The maximum Gasteiger partial charge on any atom is 0.346 e. The van der Waals surface area contributed by atoms with Gasteiger partial charge >= 0.3 is 6.03 Å². The maximum atomic E-state index is 13.8. The Balaban J connectivity index is 1.89. The molecular weight excluding hydrogens is 377 g/mol. The normalized spacial score (nSPS) is 20.7. The van der Waals surface area contributed by atoms with Gasteiger partial charge < -0.3 is 5.32 Å². The first-order valence-electron chi connectivity index (χ1n) is 7.13. The van der Waals surface area contributed by atoms with Gasteiger partial charge in [-0.2, -0.15) is 5.10 Å². The molecule has 3 rings (SSSR count). The maximum absolute atomic E-state index is 13.8. The monoisotopic (exact) mass is 389 g/mol. The minimum atomic E-state index is -1.20. The van der Waals surface area contributed by atoms with Crippen molar-refractivity contribution in [3.8, 4) is 0 Å². The highest BCUT2D eigenvalue weighted by Gasteiger charge is 2.49. The number of amides is 3. The van der Waals surface area contributed by atoms with Crippen molar-refractivity contribution in [1.29, 1.82) is 0 Å². The molecule has 0 aromatic heterocycles. The van der Waals surface area contributed by atoms with Crippen molar-refractivity contribution in [2.45, 2.75) is 12.5 Å². The second kappa shape index (κ2) is 6.16. The van der Waals surface area contributed by atoms with Crippen LogP contribution in [0.1, 0.15) is 18.1 Å². The van der Waals surface area contributed by atoms with Crippen LogP contribution < -0.4 is 5.32 Å². The number of rotatable bonds is 3. The summed E-state index contributed by atoms with van der Waals surface area (Å²) < 4.78 is 14.4. The van der Waals surface area contributed by atoms with E-state index in [-0.39, 0.29) is 5.56 Å². The van der Waals surface area contributed by atoms with Crippen LogP contribution in [0.2, 0.25) is 0 Å². The fourth-order valence-electron chi connectivity index (χ4n) is 2.42. The minimum absolute atomic E-state index is 0.173. The molecule has 1 aliphatic rings. The SMILES string of the molecule is C[C@@]1(c2ccccc2)NC(=O)N(/N=C\c2ccc(Br)cc2F)C1=O. The summed E-state index contributed by atoms with van der Waals surface area (Å²) in [6, 6.07) is 12.6. The van der Waals surface area contributed by atoms with E-state index in [2.05, 4.69) is 26.3 Å². The standard InChI is InChI=1S/C17H13BrFN3O2/c1-17(12-5-3-2-4-6-12)15(23)22(16(24)21-17)20-10-11-7-8-13(18)9-14(11)19/h2-10H,1H3,(H,21,24)/b20-10-/t17-/m0/s1. The number of imide groups is 1. The van der Waals surface area contributed by atoms with Gasteiger partial charge in [0.1, 0.15) is 11.4 Å². The number of carbonyl (C=O) groups excluding carboxylic acids is 2. The van der Waals surface area contributed by atoms with Crippen LogP contribution in [-0.2, 0) is 10.3 Å². The quantitative estimate of drug-likeness (QED) is 0.645. The highest BCUT2D eigenvalue weighted by atomic mass is 79.9. The summed E-state index contributed by atoms with van der Waals surface area (Å²) >= 11 is 3.16. The molecule has 1 atom stereocenters. The molecule has 0 saturated carbocycles. The van der Waals surface area contributed by atoms with E-state index in [0.29, 0.717) is 15.0 Å². The topological polar surface area (TPSA) is 61.8 Å².